The average Bonchev–Trinajstić information content (AvgIpc) is 3.16. The standard InChI is InChI=1S/C14H17N5O2/c1-10-15-6-7-19(10)13-5-4-12(17-18-13)14(20)16-9-11-3-2-8-21-11/h4-7,11H,2-3,8-9H2,1H3,(H,16,20). The fraction of sp³-hybridized carbons (Fsp3) is 0.429. The molecule has 110 valence electrons. The van der Waals surface area contributed by atoms with Crippen LogP contribution in [0, 0.1) is 6.92 Å². The Hall–Kier alpha value is -2.28. The van der Waals surface area contributed by atoms with Crippen molar-refractivity contribution in [3.8, 4) is 5.82 Å². The van der Waals surface area contributed by atoms with Crippen molar-refractivity contribution in [2.75, 3.05) is 13.2 Å². The molecule has 3 rings (SSSR count). The fourth-order valence-corrected chi connectivity index (χ4v) is 2.30. The summed E-state index contributed by atoms with van der Waals surface area (Å²) < 4.78 is 7.27. The molecule has 1 saturated heterocycles. The van der Waals surface area contributed by atoms with Gasteiger partial charge in [0.1, 0.15) is 5.82 Å². The van der Waals surface area contributed by atoms with E-state index in [0.717, 1.165) is 25.3 Å². The molecule has 0 aliphatic carbocycles. The number of nitrogens with one attached hydrogen (secondary N) is 1. The van der Waals surface area contributed by atoms with Crippen LogP contribution in [-0.4, -0.2) is 44.9 Å². The van der Waals surface area contributed by atoms with Gasteiger partial charge in [0.2, 0.25) is 0 Å². The third-order valence-corrected chi connectivity index (χ3v) is 3.47. The molecule has 7 heteroatoms. The van der Waals surface area contributed by atoms with Crippen molar-refractivity contribution in [3.63, 3.8) is 0 Å². The molecule has 3 heterocycles. The van der Waals surface area contributed by atoms with Crippen molar-refractivity contribution in [1.29, 1.82) is 0 Å². The number of imidazole rings is 1. The maximum atomic E-state index is 12.0. The molecule has 1 unspecified atom stereocenters. The molecule has 0 saturated carbocycles. The lowest BCUT2D eigenvalue weighted by atomic mass is 10.2. The second-order valence-corrected chi connectivity index (χ2v) is 4.97. The molecule has 1 N–H and O–H groups in total. The van der Waals surface area contributed by atoms with Crippen molar-refractivity contribution in [2.24, 2.45) is 0 Å². The number of aromatic nitrogens is 4. The van der Waals surface area contributed by atoms with Gasteiger partial charge in [0, 0.05) is 25.5 Å². The molecular weight excluding hydrogens is 270 g/mol. The number of rotatable bonds is 4. The number of aryl methyl sites for hydroxylation is 1. The summed E-state index contributed by atoms with van der Waals surface area (Å²) in [4.78, 5) is 16.1. The molecule has 21 heavy (non-hydrogen) atoms. The number of carbonyl (C=O) groups excluding carboxylic acids is 1. The molecule has 1 aliphatic heterocycles. The molecule has 1 fully saturated rings. The molecule has 1 aliphatic rings. The summed E-state index contributed by atoms with van der Waals surface area (Å²) in [5.74, 6) is 1.23. The second-order valence-electron chi connectivity index (χ2n) is 4.97. The summed E-state index contributed by atoms with van der Waals surface area (Å²) in [5, 5.41) is 10.9. The van der Waals surface area contributed by atoms with Crippen LogP contribution < -0.4 is 5.32 Å². The van der Waals surface area contributed by atoms with Gasteiger partial charge in [-0.15, -0.1) is 10.2 Å². The Labute approximate surface area is 122 Å². The van der Waals surface area contributed by atoms with Gasteiger partial charge in [0.25, 0.3) is 5.91 Å². The van der Waals surface area contributed by atoms with Crippen LogP contribution in [0.3, 0.4) is 0 Å². The van der Waals surface area contributed by atoms with E-state index in [1.54, 1.807) is 29.1 Å². The first-order valence-electron chi connectivity index (χ1n) is 6.98. The van der Waals surface area contributed by atoms with Crippen LogP contribution in [0.5, 0.6) is 0 Å². The largest absolute Gasteiger partial charge is 0.376 e. The summed E-state index contributed by atoms with van der Waals surface area (Å²) >= 11 is 0. The third kappa shape index (κ3) is 3.08. The van der Waals surface area contributed by atoms with E-state index in [-0.39, 0.29) is 12.0 Å². The van der Waals surface area contributed by atoms with Crippen LogP contribution in [0.25, 0.3) is 5.82 Å². The Morgan fingerprint density at radius 2 is 2.38 bits per heavy atom. The van der Waals surface area contributed by atoms with Crippen molar-refractivity contribution in [2.45, 2.75) is 25.9 Å². The Kier molecular flexibility index (Phi) is 3.92. The van der Waals surface area contributed by atoms with E-state index in [9.17, 15) is 4.79 Å². The summed E-state index contributed by atoms with van der Waals surface area (Å²) in [7, 11) is 0. The van der Waals surface area contributed by atoms with E-state index in [1.165, 1.54) is 0 Å². The van der Waals surface area contributed by atoms with Crippen molar-refractivity contribution in [1.82, 2.24) is 25.1 Å². The van der Waals surface area contributed by atoms with Gasteiger partial charge in [-0.1, -0.05) is 0 Å². The molecular formula is C14H17N5O2. The normalized spacial score (nSPS) is 17.9. The van der Waals surface area contributed by atoms with Crippen molar-refractivity contribution in [3.05, 3.63) is 36.0 Å². The first kappa shape index (κ1) is 13.7. The van der Waals surface area contributed by atoms with E-state index < -0.39 is 0 Å². The van der Waals surface area contributed by atoms with E-state index in [4.69, 9.17) is 4.74 Å². The fourth-order valence-electron chi connectivity index (χ4n) is 2.30. The maximum absolute atomic E-state index is 12.0. The average molecular weight is 287 g/mol. The molecule has 0 bridgehead atoms. The molecule has 1 atom stereocenters. The minimum atomic E-state index is -0.230. The number of amides is 1. The Morgan fingerprint density at radius 3 is 3.00 bits per heavy atom. The summed E-state index contributed by atoms with van der Waals surface area (Å²) in [6.07, 6.45) is 5.66. The van der Waals surface area contributed by atoms with Crippen LogP contribution in [-0.2, 0) is 4.74 Å². The lowest BCUT2D eigenvalue weighted by Gasteiger charge is -2.10. The SMILES string of the molecule is Cc1nccn1-c1ccc(C(=O)NCC2CCCO2)nn1. The lowest BCUT2D eigenvalue weighted by Crippen LogP contribution is -2.32. The highest BCUT2D eigenvalue weighted by Gasteiger charge is 2.17. The van der Waals surface area contributed by atoms with Crippen LogP contribution in [0.15, 0.2) is 24.5 Å². The van der Waals surface area contributed by atoms with Gasteiger partial charge in [0.05, 0.1) is 6.10 Å². The van der Waals surface area contributed by atoms with Gasteiger partial charge >= 0.3 is 0 Å². The van der Waals surface area contributed by atoms with E-state index >= 15 is 0 Å². The summed E-state index contributed by atoms with van der Waals surface area (Å²) in [6.45, 7) is 3.17. The molecule has 2 aromatic heterocycles. The highest BCUT2D eigenvalue weighted by atomic mass is 16.5. The number of nitrogens with zero attached hydrogens (tertiary/aromatic N) is 4. The quantitative estimate of drug-likeness (QED) is 0.902. The maximum Gasteiger partial charge on any atom is 0.271 e. The molecule has 2 aromatic rings. The van der Waals surface area contributed by atoms with Gasteiger partial charge in [0.15, 0.2) is 11.5 Å². The Morgan fingerprint density at radius 1 is 1.48 bits per heavy atom. The minimum absolute atomic E-state index is 0.120. The zero-order valence-electron chi connectivity index (χ0n) is 11.8. The number of hydrogen-bond donors (Lipinski definition) is 1. The molecule has 0 radical (unpaired) electrons. The van der Waals surface area contributed by atoms with Crippen molar-refractivity contribution < 1.29 is 9.53 Å². The monoisotopic (exact) mass is 287 g/mol. The van der Waals surface area contributed by atoms with Crippen LogP contribution in [0.4, 0.5) is 0 Å². The van der Waals surface area contributed by atoms with E-state index in [0.29, 0.717) is 18.1 Å². The van der Waals surface area contributed by atoms with Gasteiger partial charge in [-0.2, -0.15) is 0 Å². The van der Waals surface area contributed by atoms with Crippen LogP contribution in [0.2, 0.25) is 0 Å². The van der Waals surface area contributed by atoms with Gasteiger partial charge in [-0.05, 0) is 31.9 Å². The number of hydrogen-bond acceptors (Lipinski definition) is 5. The summed E-state index contributed by atoms with van der Waals surface area (Å²) in [6, 6.07) is 3.41. The smallest absolute Gasteiger partial charge is 0.271 e. The first-order valence-corrected chi connectivity index (χ1v) is 6.98. The number of carbonyl (C=O) groups is 1. The van der Waals surface area contributed by atoms with Gasteiger partial charge in [-0.3, -0.25) is 9.36 Å². The Bertz CT molecular complexity index is 617. The summed E-state index contributed by atoms with van der Waals surface area (Å²) in [5.41, 5.74) is 0.300. The van der Waals surface area contributed by atoms with Crippen LogP contribution in [0.1, 0.15) is 29.2 Å². The van der Waals surface area contributed by atoms with Gasteiger partial charge < -0.3 is 10.1 Å². The van der Waals surface area contributed by atoms with Crippen molar-refractivity contribution >= 4 is 5.91 Å². The zero-order chi connectivity index (χ0) is 14.7. The zero-order valence-corrected chi connectivity index (χ0v) is 11.8. The first-order chi connectivity index (χ1) is 10.2. The van der Waals surface area contributed by atoms with E-state index in [2.05, 4.69) is 20.5 Å². The predicted molar refractivity (Wildman–Crippen MR) is 75.2 cm³/mol. The predicted octanol–water partition coefficient (Wildman–Crippen LogP) is 0.880. The molecule has 7 nitrogen and oxygen atoms in total. The Balaban J connectivity index is 1.63. The van der Waals surface area contributed by atoms with E-state index in [1.807, 2.05) is 6.92 Å². The lowest BCUT2D eigenvalue weighted by molar-refractivity contribution is 0.0853. The second kappa shape index (κ2) is 6.01. The topological polar surface area (TPSA) is 81.9 Å². The molecule has 1 amide bonds. The number of ether oxygens (including phenoxy) is 1. The van der Waals surface area contributed by atoms with Crippen LogP contribution >= 0.6 is 0 Å². The van der Waals surface area contributed by atoms with Gasteiger partial charge in [-0.25, -0.2) is 4.98 Å². The molecule has 0 spiro atoms. The minimum Gasteiger partial charge on any atom is -0.376 e. The molecule has 0 aromatic carbocycles. The highest BCUT2D eigenvalue weighted by Crippen LogP contribution is 2.11. The third-order valence-electron chi connectivity index (χ3n) is 3.47. The highest BCUT2D eigenvalue weighted by molar-refractivity contribution is 5.92.